The van der Waals surface area contributed by atoms with Crippen LogP contribution in [0.15, 0.2) is 83.3 Å². The van der Waals surface area contributed by atoms with Crippen molar-refractivity contribution in [1.29, 1.82) is 0 Å². The van der Waals surface area contributed by atoms with Gasteiger partial charge >= 0.3 is 0 Å². The van der Waals surface area contributed by atoms with Crippen molar-refractivity contribution in [3.63, 3.8) is 0 Å². The average Bonchev–Trinajstić information content (AvgIpc) is 3.54. The van der Waals surface area contributed by atoms with Gasteiger partial charge in [0.25, 0.3) is 0 Å². The molecule has 3 heterocycles. The number of carbonyl (C=O) groups excluding carboxylic acids is 1. The van der Waals surface area contributed by atoms with E-state index in [1.54, 1.807) is 6.26 Å². The third-order valence-corrected chi connectivity index (χ3v) is 9.13. The molecular weight excluding hydrogens is 785 g/mol. The third kappa shape index (κ3) is 9.99. The van der Waals surface area contributed by atoms with Gasteiger partial charge in [-0.15, -0.1) is 29.1 Å². The number of hydrogen-bond donors (Lipinski definition) is 1. The number of benzene rings is 2. The zero-order valence-corrected chi connectivity index (χ0v) is 33.1. The van der Waals surface area contributed by atoms with Crippen molar-refractivity contribution in [2.24, 2.45) is 17.8 Å². The number of rotatable bonds is 11. The van der Waals surface area contributed by atoms with Gasteiger partial charge in [0.15, 0.2) is 5.78 Å². The molecule has 6 heteroatoms. The van der Waals surface area contributed by atoms with Gasteiger partial charge in [0, 0.05) is 61.4 Å². The van der Waals surface area contributed by atoms with Crippen molar-refractivity contribution in [3.8, 4) is 22.5 Å². The van der Waals surface area contributed by atoms with Crippen LogP contribution in [0.3, 0.4) is 0 Å². The van der Waals surface area contributed by atoms with Gasteiger partial charge in [0.2, 0.25) is 0 Å². The monoisotopic (exact) mass is 838 g/mol. The molecule has 2 aromatic carbocycles. The maximum atomic E-state index is 11.7. The van der Waals surface area contributed by atoms with Crippen LogP contribution in [0, 0.1) is 23.8 Å². The van der Waals surface area contributed by atoms with Crippen LogP contribution in [0.1, 0.15) is 99.3 Å². The summed E-state index contributed by atoms with van der Waals surface area (Å²) in [5.41, 5.74) is 7.11. The van der Waals surface area contributed by atoms with E-state index >= 15 is 0 Å². The summed E-state index contributed by atoms with van der Waals surface area (Å²) in [6.45, 7) is 19.3. The Morgan fingerprint density at radius 2 is 1.57 bits per heavy atom. The first-order chi connectivity index (χ1) is 22.9. The van der Waals surface area contributed by atoms with E-state index < -0.39 is 0 Å². The minimum atomic E-state index is 0. The molecule has 5 aromatic rings. The van der Waals surface area contributed by atoms with Crippen LogP contribution < -0.4 is 0 Å². The van der Waals surface area contributed by atoms with E-state index in [9.17, 15) is 9.90 Å². The second-order valence-electron chi connectivity index (χ2n) is 14.2. The van der Waals surface area contributed by atoms with Crippen LogP contribution in [0.25, 0.3) is 44.3 Å². The van der Waals surface area contributed by atoms with Gasteiger partial charge in [-0.1, -0.05) is 97.5 Å². The topological polar surface area (TPSA) is 76.2 Å². The number of carbonyl (C=O) groups is 1. The zero-order valence-electron chi connectivity index (χ0n) is 30.7. The number of hydrogen-bond acceptors (Lipinski definition) is 5. The largest absolute Gasteiger partial charge is 0.512 e. The smallest absolute Gasteiger partial charge is 0.162 e. The molecule has 1 radical (unpaired) electrons. The number of aliphatic hydroxyl groups excluding tert-OH is 1. The van der Waals surface area contributed by atoms with Gasteiger partial charge in [0.05, 0.1) is 23.4 Å². The molecule has 5 rings (SSSR count). The Labute approximate surface area is 307 Å². The summed E-state index contributed by atoms with van der Waals surface area (Å²) in [6.07, 6.45) is 9.43. The number of aromatic nitrogens is 2. The molecule has 0 saturated heterocycles. The fourth-order valence-electron chi connectivity index (χ4n) is 6.23. The number of ketones is 1. The van der Waals surface area contributed by atoms with E-state index in [2.05, 4.69) is 77.1 Å². The molecule has 0 aliphatic carbocycles. The molecule has 0 bridgehead atoms. The molecule has 0 aliphatic heterocycles. The molecule has 0 atom stereocenters. The van der Waals surface area contributed by atoms with Gasteiger partial charge in [-0.05, 0) is 61.1 Å². The molecule has 5 nitrogen and oxygen atoms in total. The number of fused-ring (bicyclic) bond motifs is 2. The minimum Gasteiger partial charge on any atom is -0.512 e. The molecule has 49 heavy (non-hydrogen) atoms. The molecular formula is C43H53IrN2O3-. The predicted molar refractivity (Wildman–Crippen MR) is 200 cm³/mol. The van der Waals surface area contributed by atoms with Gasteiger partial charge in [-0.2, -0.15) is 0 Å². The summed E-state index contributed by atoms with van der Waals surface area (Å²) in [4.78, 5) is 21.4. The Balaban J connectivity index is 0.000000347. The van der Waals surface area contributed by atoms with Crippen molar-refractivity contribution >= 4 is 27.5 Å². The van der Waals surface area contributed by atoms with Gasteiger partial charge in [-0.3, -0.25) is 14.8 Å². The van der Waals surface area contributed by atoms with E-state index in [1.165, 1.54) is 17.0 Å². The Bertz CT molecular complexity index is 1860. The van der Waals surface area contributed by atoms with Gasteiger partial charge in [0.1, 0.15) is 5.58 Å². The van der Waals surface area contributed by atoms with E-state index in [1.807, 2.05) is 52.1 Å². The minimum absolute atomic E-state index is 0. The normalized spacial score (nSPS) is 12.0. The maximum absolute atomic E-state index is 11.7. The zero-order chi connectivity index (χ0) is 35.0. The number of allylic oxidation sites excluding steroid dienone is 2. The number of nitrogens with zero attached hydrogens (tertiary/aromatic N) is 2. The summed E-state index contributed by atoms with van der Waals surface area (Å²) >= 11 is 0. The van der Waals surface area contributed by atoms with E-state index in [0.717, 1.165) is 76.7 Å². The quantitative estimate of drug-likeness (QED) is 0.0815. The van der Waals surface area contributed by atoms with Gasteiger partial charge < -0.3 is 9.52 Å². The van der Waals surface area contributed by atoms with Crippen LogP contribution in [0.4, 0.5) is 0 Å². The summed E-state index contributed by atoms with van der Waals surface area (Å²) < 4.78 is 5.76. The Morgan fingerprint density at radius 1 is 0.898 bits per heavy atom. The molecule has 1 N–H and O–H groups in total. The predicted octanol–water partition coefficient (Wildman–Crippen LogP) is 11.9. The van der Waals surface area contributed by atoms with E-state index in [0.29, 0.717) is 5.92 Å². The van der Waals surface area contributed by atoms with E-state index in [-0.39, 0.29) is 48.9 Å². The van der Waals surface area contributed by atoms with Crippen LogP contribution >= 0.6 is 0 Å². The van der Waals surface area contributed by atoms with Crippen molar-refractivity contribution in [3.05, 3.63) is 96.2 Å². The van der Waals surface area contributed by atoms with Crippen molar-refractivity contribution < 1.29 is 34.4 Å². The average molecular weight is 838 g/mol. The molecule has 3 aromatic heterocycles. The molecule has 0 saturated carbocycles. The fraction of sp³-hybridized carbons (Fsp3) is 0.419. The number of pyridine rings is 2. The van der Waals surface area contributed by atoms with Crippen molar-refractivity contribution in [2.75, 3.05) is 0 Å². The second kappa shape index (κ2) is 17.9. The van der Waals surface area contributed by atoms with Crippen molar-refractivity contribution in [1.82, 2.24) is 9.97 Å². The van der Waals surface area contributed by atoms with E-state index in [4.69, 9.17) is 14.4 Å². The molecule has 0 fully saturated rings. The summed E-state index contributed by atoms with van der Waals surface area (Å²) in [5, 5.41) is 13.2. The van der Waals surface area contributed by atoms with Crippen LogP contribution in [-0.4, -0.2) is 20.9 Å². The molecule has 0 unspecified atom stereocenters. The molecule has 0 spiro atoms. The Morgan fingerprint density at radius 3 is 2.20 bits per heavy atom. The number of furan rings is 1. The molecule has 263 valence electrons. The standard InChI is InChI=1S/C30H29N2O.C13H24O2.Ir/c1-19(2)14-28-24-11-13-33-29(24)18-27(32-28)21-10-12-31-26(17-21)22-15-20-8-6-7-9-23(20)25(16-22)30(3,4)5;1-5-10(6-2)12(14)9-13(15)11(7-3)8-4;/h6-13,16-19H,14H2,1-5H3;9-11,14H,5-8H2,1-4H3;/q-1;;/b;12-9-;. The summed E-state index contributed by atoms with van der Waals surface area (Å²) in [5.74, 6) is 1.06. The second-order valence-corrected chi connectivity index (χ2v) is 14.2. The van der Waals surface area contributed by atoms with Crippen LogP contribution in [-0.2, 0) is 36.7 Å². The Kier molecular flexibility index (Phi) is 14.5. The van der Waals surface area contributed by atoms with Crippen LogP contribution in [0.5, 0.6) is 0 Å². The SMILES string of the molecule is CC(C)Cc1nc(-c2ccnc(-c3[c-]c4ccccc4c(C(C)(C)C)c3)c2)cc2occc12.CCC(CC)C(=O)/C=C(\O)C(CC)CC.[Ir]. The molecule has 0 aliphatic rings. The Hall–Kier alpha value is -3.60. The first kappa shape index (κ1) is 39.8. The summed E-state index contributed by atoms with van der Waals surface area (Å²) in [7, 11) is 0. The van der Waals surface area contributed by atoms with Crippen LogP contribution in [0.2, 0.25) is 0 Å². The first-order valence-corrected chi connectivity index (χ1v) is 17.6. The summed E-state index contributed by atoms with van der Waals surface area (Å²) in [6, 6.07) is 22.5. The molecule has 0 amide bonds. The van der Waals surface area contributed by atoms with Crippen molar-refractivity contribution in [2.45, 2.75) is 99.8 Å². The first-order valence-electron chi connectivity index (χ1n) is 17.6. The number of aliphatic hydroxyl groups is 1. The fourth-order valence-corrected chi connectivity index (χ4v) is 6.23. The third-order valence-electron chi connectivity index (χ3n) is 9.13. The van der Waals surface area contributed by atoms with Gasteiger partial charge in [-0.25, -0.2) is 0 Å². The maximum Gasteiger partial charge on any atom is 0.162 e.